The Morgan fingerprint density at radius 1 is 1.21 bits per heavy atom. The third-order valence-corrected chi connectivity index (χ3v) is 3.83. The third-order valence-electron chi connectivity index (χ3n) is 3.83. The molecule has 0 bridgehead atoms. The van der Waals surface area contributed by atoms with E-state index in [-0.39, 0.29) is 18.2 Å². The van der Waals surface area contributed by atoms with E-state index in [4.69, 9.17) is 14.2 Å². The number of fused-ring (bicyclic) bond motifs is 1. The van der Waals surface area contributed by atoms with E-state index in [1.807, 2.05) is 0 Å². The zero-order chi connectivity index (χ0) is 20.1. The average molecular weight is 384 g/mol. The molecule has 0 spiro atoms. The van der Waals surface area contributed by atoms with Gasteiger partial charge in [-0.2, -0.15) is 0 Å². The first-order chi connectivity index (χ1) is 13.4. The highest BCUT2D eigenvalue weighted by Gasteiger charge is 2.21. The van der Waals surface area contributed by atoms with Crippen LogP contribution in [0, 0.1) is 10.1 Å². The summed E-state index contributed by atoms with van der Waals surface area (Å²) in [6.45, 7) is 1.52. The SMILES string of the molecule is C[C@H](OC(=O)/C=C/c1ccc2c(c1)OCO2)C(=O)Nc1ccccc1[N+](=O)[O-]. The summed E-state index contributed by atoms with van der Waals surface area (Å²) in [5.74, 6) is -0.213. The van der Waals surface area contributed by atoms with E-state index in [0.29, 0.717) is 17.1 Å². The summed E-state index contributed by atoms with van der Waals surface area (Å²) in [6.07, 6.45) is 1.54. The molecule has 9 heteroatoms. The van der Waals surface area contributed by atoms with Crippen molar-refractivity contribution in [1.29, 1.82) is 0 Å². The lowest BCUT2D eigenvalue weighted by Gasteiger charge is -2.12. The number of esters is 1. The number of para-hydroxylation sites is 2. The van der Waals surface area contributed by atoms with Crippen LogP contribution in [0.25, 0.3) is 6.08 Å². The van der Waals surface area contributed by atoms with Gasteiger partial charge in [-0.3, -0.25) is 14.9 Å². The zero-order valence-electron chi connectivity index (χ0n) is 14.8. The van der Waals surface area contributed by atoms with Gasteiger partial charge in [-0.25, -0.2) is 4.79 Å². The number of hydrogen-bond acceptors (Lipinski definition) is 7. The molecule has 0 saturated carbocycles. The van der Waals surface area contributed by atoms with Crippen molar-refractivity contribution < 1.29 is 28.7 Å². The van der Waals surface area contributed by atoms with E-state index in [1.165, 1.54) is 37.3 Å². The summed E-state index contributed by atoms with van der Waals surface area (Å²) in [7, 11) is 0. The summed E-state index contributed by atoms with van der Waals surface area (Å²) >= 11 is 0. The van der Waals surface area contributed by atoms with E-state index >= 15 is 0 Å². The number of nitrogens with one attached hydrogen (secondary N) is 1. The Hall–Kier alpha value is -3.88. The van der Waals surface area contributed by atoms with Crippen LogP contribution in [0.4, 0.5) is 11.4 Å². The molecule has 1 amide bonds. The maximum Gasteiger partial charge on any atom is 0.331 e. The standard InChI is InChI=1S/C19H16N2O7/c1-12(19(23)20-14-4-2-3-5-15(14)21(24)25)28-18(22)9-7-13-6-8-16-17(10-13)27-11-26-16/h2-10,12H,11H2,1H3,(H,20,23)/b9-7+/t12-/m0/s1. The Labute approximate surface area is 159 Å². The Kier molecular flexibility index (Phi) is 5.54. The molecule has 0 unspecified atom stereocenters. The van der Waals surface area contributed by atoms with Gasteiger partial charge >= 0.3 is 5.97 Å². The molecule has 0 aliphatic carbocycles. The van der Waals surface area contributed by atoms with Crippen molar-refractivity contribution in [1.82, 2.24) is 0 Å². The number of carbonyl (C=O) groups is 2. The van der Waals surface area contributed by atoms with Gasteiger partial charge in [-0.1, -0.05) is 18.2 Å². The molecule has 144 valence electrons. The second kappa shape index (κ2) is 8.21. The van der Waals surface area contributed by atoms with Crippen LogP contribution in [0.2, 0.25) is 0 Å². The fourth-order valence-corrected chi connectivity index (χ4v) is 2.42. The lowest BCUT2D eigenvalue weighted by Crippen LogP contribution is -2.29. The molecular formula is C19H16N2O7. The first-order valence-electron chi connectivity index (χ1n) is 8.26. The number of nitro groups is 1. The molecule has 0 aromatic heterocycles. The molecule has 0 fully saturated rings. The Morgan fingerprint density at radius 3 is 2.75 bits per heavy atom. The van der Waals surface area contributed by atoms with Crippen LogP contribution >= 0.6 is 0 Å². The minimum absolute atomic E-state index is 0.0244. The molecule has 1 heterocycles. The number of amides is 1. The van der Waals surface area contributed by atoms with Gasteiger partial charge in [0.2, 0.25) is 6.79 Å². The van der Waals surface area contributed by atoms with Crippen LogP contribution in [-0.4, -0.2) is 29.7 Å². The molecule has 3 rings (SSSR count). The van der Waals surface area contributed by atoms with Gasteiger partial charge in [0.25, 0.3) is 11.6 Å². The summed E-state index contributed by atoms with van der Waals surface area (Å²) in [5.41, 5.74) is 0.464. The monoisotopic (exact) mass is 384 g/mol. The molecule has 1 aliphatic heterocycles. The molecule has 1 N–H and O–H groups in total. The highest BCUT2D eigenvalue weighted by atomic mass is 16.7. The quantitative estimate of drug-likeness (QED) is 0.352. The second-order valence-corrected chi connectivity index (χ2v) is 5.79. The largest absolute Gasteiger partial charge is 0.454 e. The van der Waals surface area contributed by atoms with Crippen LogP contribution in [-0.2, 0) is 14.3 Å². The van der Waals surface area contributed by atoms with Gasteiger partial charge in [0.05, 0.1) is 4.92 Å². The number of anilines is 1. The van der Waals surface area contributed by atoms with Crippen LogP contribution in [0.1, 0.15) is 12.5 Å². The number of carbonyl (C=O) groups excluding carboxylic acids is 2. The highest BCUT2D eigenvalue weighted by molar-refractivity contribution is 5.98. The van der Waals surface area contributed by atoms with E-state index < -0.39 is 22.9 Å². The molecule has 2 aromatic rings. The molecule has 9 nitrogen and oxygen atoms in total. The lowest BCUT2D eigenvalue weighted by atomic mass is 10.2. The van der Waals surface area contributed by atoms with Crippen molar-refractivity contribution in [3.63, 3.8) is 0 Å². The Balaban J connectivity index is 1.58. The second-order valence-electron chi connectivity index (χ2n) is 5.79. The third kappa shape index (κ3) is 4.44. The first kappa shape index (κ1) is 18.9. The van der Waals surface area contributed by atoms with Gasteiger partial charge < -0.3 is 19.5 Å². The minimum atomic E-state index is -1.14. The number of rotatable bonds is 6. The molecule has 1 atom stereocenters. The Morgan fingerprint density at radius 2 is 1.96 bits per heavy atom. The van der Waals surface area contributed by atoms with Crippen molar-refractivity contribution in [2.24, 2.45) is 0 Å². The number of nitro benzene ring substituents is 1. The maximum atomic E-state index is 12.2. The van der Waals surface area contributed by atoms with Gasteiger partial charge in [0, 0.05) is 12.1 Å². The van der Waals surface area contributed by atoms with Crippen molar-refractivity contribution in [2.75, 3.05) is 12.1 Å². The summed E-state index contributed by atoms with van der Waals surface area (Å²) in [5, 5.41) is 13.4. The predicted octanol–water partition coefficient (Wildman–Crippen LogP) is 2.91. The first-order valence-corrected chi connectivity index (χ1v) is 8.26. The van der Waals surface area contributed by atoms with E-state index in [1.54, 1.807) is 24.3 Å². The lowest BCUT2D eigenvalue weighted by molar-refractivity contribution is -0.383. The van der Waals surface area contributed by atoms with Crippen LogP contribution in [0.3, 0.4) is 0 Å². The van der Waals surface area contributed by atoms with Crippen molar-refractivity contribution >= 4 is 29.3 Å². The molecule has 1 aliphatic rings. The predicted molar refractivity (Wildman–Crippen MR) is 98.9 cm³/mol. The molecule has 0 radical (unpaired) electrons. The average Bonchev–Trinajstić information content (AvgIpc) is 3.14. The fourth-order valence-electron chi connectivity index (χ4n) is 2.42. The molecular weight excluding hydrogens is 368 g/mol. The summed E-state index contributed by atoms with van der Waals surface area (Å²) in [4.78, 5) is 34.5. The van der Waals surface area contributed by atoms with Crippen LogP contribution in [0.5, 0.6) is 11.5 Å². The fraction of sp³-hybridized carbons (Fsp3) is 0.158. The van der Waals surface area contributed by atoms with Crippen molar-refractivity contribution in [3.05, 3.63) is 64.2 Å². The van der Waals surface area contributed by atoms with Crippen molar-refractivity contribution in [2.45, 2.75) is 13.0 Å². The molecule has 0 saturated heterocycles. The topological polar surface area (TPSA) is 117 Å². The normalized spacial score (nSPS) is 13.2. The molecule has 2 aromatic carbocycles. The maximum absolute atomic E-state index is 12.2. The zero-order valence-corrected chi connectivity index (χ0v) is 14.8. The van der Waals surface area contributed by atoms with E-state index in [0.717, 1.165) is 0 Å². The van der Waals surface area contributed by atoms with Gasteiger partial charge in [0.1, 0.15) is 5.69 Å². The summed E-state index contributed by atoms with van der Waals surface area (Å²) in [6, 6.07) is 10.9. The van der Waals surface area contributed by atoms with E-state index in [2.05, 4.69) is 5.32 Å². The number of ether oxygens (including phenoxy) is 3. The van der Waals surface area contributed by atoms with E-state index in [9.17, 15) is 19.7 Å². The minimum Gasteiger partial charge on any atom is -0.454 e. The van der Waals surface area contributed by atoms with Gasteiger partial charge in [-0.05, 0) is 36.8 Å². The number of hydrogen-bond donors (Lipinski definition) is 1. The smallest absolute Gasteiger partial charge is 0.331 e. The van der Waals surface area contributed by atoms with Gasteiger partial charge in [-0.15, -0.1) is 0 Å². The Bertz CT molecular complexity index is 955. The molecule has 28 heavy (non-hydrogen) atoms. The van der Waals surface area contributed by atoms with Crippen LogP contribution < -0.4 is 14.8 Å². The van der Waals surface area contributed by atoms with Crippen LogP contribution in [0.15, 0.2) is 48.5 Å². The number of benzene rings is 2. The van der Waals surface area contributed by atoms with Gasteiger partial charge in [0.15, 0.2) is 17.6 Å². The van der Waals surface area contributed by atoms with Crippen molar-refractivity contribution in [3.8, 4) is 11.5 Å². The summed E-state index contributed by atoms with van der Waals surface area (Å²) < 4.78 is 15.5. The highest BCUT2D eigenvalue weighted by Crippen LogP contribution is 2.32. The number of nitrogens with zero attached hydrogens (tertiary/aromatic N) is 1.